The topological polar surface area (TPSA) is 44.8 Å². The molecular formula is C10H13ClF2O4. The number of ether oxygens (including phenoxy) is 3. The summed E-state index contributed by atoms with van der Waals surface area (Å²) in [4.78, 5) is 11.1. The molecule has 0 radical (unpaired) electrons. The molecule has 0 spiro atoms. The van der Waals surface area contributed by atoms with Crippen molar-refractivity contribution in [3.05, 3.63) is 11.6 Å². The van der Waals surface area contributed by atoms with Gasteiger partial charge in [0, 0.05) is 18.1 Å². The van der Waals surface area contributed by atoms with Gasteiger partial charge in [0.1, 0.15) is 0 Å². The van der Waals surface area contributed by atoms with Gasteiger partial charge < -0.3 is 14.2 Å². The molecule has 7 heteroatoms. The first-order chi connectivity index (χ1) is 7.93. The fraction of sp³-hybridized carbons (Fsp3) is 0.700. The molecule has 1 saturated heterocycles. The van der Waals surface area contributed by atoms with Crippen LogP contribution in [-0.4, -0.2) is 37.5 Å². The first kappa shape index (κ1) is 14.3. The van der Waals surface area contributed by atoms with Crippen LogP contribution >= 0.6 is 11.6 Å². The maximum Gasteiger partial charge on any atom is 0.345 e. The van der Waals surface area contributed by atoms with Crippen LogP contribution < -0.4 is 0 Å². The molecule has 1 fully saturated rings. The van der Waals surface area contributed by atoms with E-state index >= 15 is 0 Å². The highest BCUT2D eigenvalue weighted by Crippen LogP contribution is 2.33. The molecule has 4 nitrogen and oxygen atoms in total. The van der Waals surface area contributed by atoms with Crippen LogP contribution in [-0.2, 0) is 19.0 Å². The minimum absolute atomic E-state index is 0.104. The van der Waals surface area contributed by atoms with Gasteiger partial charge in [0.05, 0.1) is 19.8 Å². The summed E-state index contributed by atoms with van der Waals surface area (Å²) < 4.78 is 40.6. The summed E-state index contributed by atoms with van der Waals surface area (Å²) in [5, 5.41) is -3.62. The Kier molecular flexibility index (Phi) is 5.30. The molecule has 0 aromatic rings. The molecular weight excluding hydrogens is 258 g/mol. The first-order valence-electron chi connectivity index (χ1n) is 5.11. The average molecular weight is 271 g/mol. The molecule has 0 amide bonds. The molecule has 0 bridgehead atoms. The van der Waals surface area contributed by atoms with Gasteiger partial charge >= 0.3 is 11.4 Å². The largest absolute Gasteiger partial charge is 0.463 e. The standard InChI is InChI=1S/C10H13ClF2O4/c1-2-15-8(14)5-7(10(11,12)13)6-9-16-3-4-17-9/h5,9H,2-4,6H2,1H3/b7-5+. The fourth-order valence-electron chi connectivity index (χ4n) is 1.29. The summed E-state index contributed by atoms with van der Waals surface area (Å²) in [5.41, 5.74) is -0.579. The Morgan fingerprint density at radius 3 is 2.59 bits per heavy atom. The van der Waals surface area contributed by atoms with Crippen LogP contribution in [0.25, 0.3) is 0 Å². The van der Waals surface area contributed by atoms with E-state index in [2.05, 4.69) is 4.74 Å². The van der Waals surface area contributed by atoms with E-state index < -0.39 is 23.2 Å². The summed E-state index contributed by atoms with van der Waals surface area (Å²) in [6.45, 7) is 2.36. The molecule has 1 rings (SSSR count). The molecule has 0 aromatic carbocycles. The van der Waals surface area contributed by atoms with Crippen molar-refractivity contribution < 1.29 is 27.8 Å². The normalized spacial score (nSPS) is 18.5. The number of alkyl halides is 3. The second-order valence-corrected chi connectivity index (χ2v) is 3.77. The lowest BCUT2D eigenvalue weighted by Crippen LogP contribution is -2.19. The van der Waals surface area contributed by atoms with Gasteiger partial charge in [0.2, 0.25) is 0 Å². The Bertz CT molecular complexity index is 295. The molecule has 0 aliphatic carbocycles. The third-order valence-electron chi connectivity index (χ3n) is 2.02. The van der Waals surface area contributed by atoms with Gasteiger partial charge in [-0.05, 0) is 18.5 Å². The number of hydrogen-bond acceptors (Lipinski definition) is 4. The van der Waals surface area contributed by atoms with Crippen molar-refractivity contribution in [1.82, 2.24) is 0 Å². The average Bonchev–Trinajstić information content (AvgIpc) is 2.68. The summed E-state index contributed by atoms with van der Waals surface area (Å²) in [7, 11) is 0. The van der Waals surface area contributed by atoms with E-state index in [0.29, 0.717) is 19.3 Å². The molecule has 1 aliphatic rings. The van der Waals surface area contributed by atoms with E-state index in [4.69, 9.17) is 21.1 Å². The smallest absolute Gasteiger partial charge is 0.345 e. The van der Waals surface area contributed by atoms with Crippen molar-refractivity contribution in [3.8, 4) is 0 Å². The zero-order chi connectivity index (χ0) is 12.9. The lowest BCUT2D eigenvalue weighted by molar-refractivity contribution is -0.137. The minimum Gasteiger partial charge on any atom is -0.463 e. The molecule has 0 aromatic heterocycles. The summed E-state index contributed by atoms with van der Waals surface area (Å²) in [5.74, 6) is -0.860. The Hall–Kier alpha value is -0.720. The Morgan fingerprint density at radius 1 is 1.53 bits per heavy atom. The van der Waals surface area contributed by atoms with Gasteiger partial charge in [0.25, 0.3) is 0 Å². The number of carbonyl (C=O) groups excluding carboxylic acids is 1. The van der Waals surface area contributed by atoms with Crippen LogP contribution in [0.3, 0.4) is 0 Å². The second kappa shape index (κ2) is 6.28. The SMILES string of the molecule is CCOC(=O)/C=C(\CC1OCCO1)C(F)(F)Cl. The highest BCUT2D eigenvalue weighted by molar-refractivity contribution is 6.23. The van der Waals surface area contributed by atoms with Crippen molar-refractivity contribution in [2.75, 3.05) is 19.8 Å². The van der Waals surface area contributed by atoms with E-state index in [1.165, 1.54) is 0 Å². The van der Waals surface area contributed by atoms with Crippen LogP contribution in [0.2, 0.25) is 0 Å². The van der Waals surface area contributed by atoms with Gasteiger partial charge in [-0.2, -0.15) is 8.78 Å². The highest BCUT2D eigenvalue weighted by atomic mass is 35.5. The van der Waals surface area contributed by atoms with Crippen molar-refractivity contribution in [2.24, 2.45) is 0 Å². The van der Waals surface area contributed by atoms with Crippen LogP contribution in [0.4, 0.5) is 8.78 Å². The zero-order valence-corrected chi connectivity index (χ0v) is 10.0. The molecule has 1 heterocycles. The van der Waals surface area contributed by atoms with Crippen LogP contribution in [0.15, 0.2) is 11.6 Å². The monoisotopic (exact) mass is 270 g/mol. The number of carbonyl (C=O) groups is 1. The molecule has 1 aliphatic heterocycles. The van der Waals surface area contributed by atoms with E-state index in [0.717, 1.165) is 0 Å². The Balaban J connectivity index is 2.69. The van der Waals surface area contributed by atoms with Gasteiger partial charge in [-0.15, -0.1) is 0 Å². The molecule has 0 unspecified atom stereocenters. The van der Waals surface area contributed by atoms with Crippen LogP contribution in [0.1, 0.15) is 13.3 Å². The lowest BCUT2D eigenvalue weighted by Gasteiger charge is -2.16. The molecule has 0 N–H and O–H groups in total. The van der Waals surface area contributed by atoms with Crippen molar-refractivity contribution in [1.29, 1.82) is 0 Å². The molecule has 98 valence electrons. The van der Waals surface area contributed by atoms with Crippen LogP contribution in [0.5, 0.6) is 0 Å². The number of hydrogen-bond donors (Lipinski definition) is 0. The van der Waals surface area contributed by atoms with E-state index in [-0.39, 0.29) is 13.0 Å². The predicted molar refractivity (Wildman–Crippen MR) is 55.8 cm³/mol. The molecule has 0 saturated carbocycles. The molecule has 17 heavy (non-hydrogen) atoms. The predicted octanol–water partition coefficient (Wildman–Crippen LogP) is 2.07. The Morgan fingerprint density at radius 2 is 2.12 bits per heavy atom. The van der Waals surface area contributed by atoms with Crippen LogP contribution in [0, 0.1) is 0 Å². The van der Waals surface area contributed by atoms with Crippen molar-refractivity contribution >= 4 is 17.6 Å². The van der Waals surface area contributed by atoms with Crippen molar-refractivity contribution in [2.45, 2.75) is 25.0 Å². The van der Waals surface area contributed by atoms with Gasteiger partial charge in [-0.1, -0.05) is 0 Å². The maximum atomic E-state index is 13.0. The number of rotatable bonds is 5. The van der Waals surface area contributed by atoms with Gasteiger partial charge in [0.15, 0.2) is 6.29 Å². The molecule has 0 atom stereocenters. The number of esters is 1. The summed E-state index contributed by atoms with van der Waals surface area (Å²) in [6.07, 6.45) is -0.378. The second-order valence-electron chi connectivity index (χ2n) is 3.29. The Labute approximate surface area is 102 Å². The minimum atomic E-state index is -3.62. The van der Waals surface area contributed by atoms with E-state index in [1.807, 2.05) is 0 Å². The third-order valence-corrected chi connectivity index (χ3v) is 2.26. The van der Waals surface area contributed by atoms with E-state index in [1.54, 1.807) is 6.92 Å². The first-order valence-corrected chi connectivity index (χ1v) is 5.49. The van der Waals surface area contributed by atoms with Gasteiger partial charge in [-0.3, -0.25) is 0 Å². The third kappa shape index (κ3) is 4.97. The van der Waals surface area contributed by atoms with Gasteiger partial charge in [-0.25, -0.2) is 4.79 Å². The zero-order valence-electron chi connectivity index (χ0n) is 9.25. The highest BCUT2D eigenvalue weighted by Gasteiger charge is 2.34. The fourth-order valence-corrected chi connectivity index (χ4v) is 1.42. The number of halogens is 3. The maximum absolute atomic E-state index is 13.0. The summed E-state index contributed by atoms with van der Waals surface area (Å²) >= 11 is 4.90. The van der Waals surface area contributed by atoms with Crippen molar-refractivity contribution in [3.63, 3.8) is 0 Å². The van der Waals surface area contributed by atoms with E-state index in [9.17, 15) is 13.6 Å². The lowest BCUT2D eigenvalue weighted by atomic mass is 10.1. The quantitative estimate of drug-likeness (QED) is 0.436. The summed E-state index contributed by atoms with van der Waals surface area (Å²) in [6, 6.07) is 0.